The van der Waals surface area contributed by atoms with Gasteiger partial charge in [-0.25, -0.2) is 14.4 Å². The highest BCUT2D eigenvalue weighted by molar-refractivity contribution is 5.99. The molecule has 1 aliphatic rings. The molecule has 1 aliphatic carbocycles. The minimum absolute atomic E-state index is 0.0631. The lowest BCUT2D eigenvalue weighted by Gasteiger charge is -2.25. The smallest absolute Gasteiger partial charge is 0.339 e. The number of aliphatic carboxylic acids is 2. The molecule has 2 unspecified atom stereocenters. The van der Waals surface area contributed by atoms with Crippen molar-refractivity contribution in [3.8, 4) is 6.07 Å². The number of carboxylic acid groups (broad SMARTS) is 2. The molecule has 2 atom stereocenters. The van der Waals surface area contributed by atoms with Gasteiger partial charge in [-0.15, -0.1) is 0 Å². The molecule has 0 bridgehead atoms. The predicted molar refractivity (Wildman–Crippen MR) is 74.1 cm³/mol. The Bertz CT molecular complexity index is 645. The van der Waals surface area contributed by atoms with Gasteiger partial charge >= 0.3 is 11.9 Å². The quantitative estimate of drug-likeness (QED) is 0.711. The molecular formula is C15H15NO6. The molecule has 0 radical (unpaired) electrons. The van der Waals surface area contributed by atoms with E-state index in [-0.39, 0.29) is 23.3 Å². The summed E-state index contributed by atoms with van der Waals surface area (Å²) in [7, 11) is 0. The highest BCUT2D eigenvalue weighted by atomic mass is 16.5. The highest BCUT2D eigenvalue weighted by Crippen LogP contribution is 2.34. The van der Waals surface area contributed by atoms with Crippen molar-refractivity contribution in [3.63, 3.8) is 0 Å². The minimum atomic E-state index is -1.40. The van der Waals surface area contributed by atoms with Gasteiger partial charge in [0.1, 0.15) is 17.3 Å². The highest BCUT2D eigenvalue weighted by Gasteiger charge is 2.35. The van der Waals surface area contributed by atoms with Crippen LogP contribution in [0.15, 0.2) is 28.6 Å². The summed E-state index contributed by atoms with van der Waals surface area (Å²) in [6.45, 7) is 3.07. The predicted octanol–water partition coefficient (Wildman–Crippen LogP) is 1.45. The molecule has 0 fully saturated rings. The Balaban J connectivity index is 3.35. The van der Waals surface area contributed by atoms with Gasteiger partial charge < -0.3 is 14.9 Å². The molecule has 0 saturated heterocycles. The molecule has 0 saturated carbocycles. The van der Waals surface area contributed by atoms with E-state index in [4.69, 9.17) is 10.00 Å². The summed E-state index contributed by atoms with van der Waals surface area (Å²) >= 11 is 0. The van der Waals surface area contributed by atoms with Crippen LogP contribution < -0.4 is 0 Å². The number of carboxylic acids is 2. The second-order valence-electron chi connectivity index (χ2n) is 4.82. The lowest BCUT2D eigenvalue weighted by Crippen LogP contribution is -2.25. The van der Waals surface area contributed by atoms with Crippen molar-refractivity contribution in [2.45, 2.75) is 32.8 Å². The summed E-state index contributed by atoms with van der Waals surface area (Å²) in [6, 6.07) is 1.93. The normalized spacial score (nSPS) is 18.9. The van der Waals surface area contributed by atoms with E-state index in [1.54, 1.807) is 12.9 Å². The van der Waals surface area contributed by atoms with E-state index in [2.05, 4.69) is 0 Å². The molecule has 0 amide bonds. The van der Waals surface area contributed by atoms with Crippen LogP contribution >= 0.6 is 0 Å². The summed E-state index contributed by atoms with van der Waals surface area (Å²) in [6.07, 6.45) is 1.04. The van der Waals surface area contributed by atoms with Crippen molar-refractivity contribution in [2.75, 3.05) is 0 Å². The molecule has 0 aromatic carbocycles. The van der Waals surface area contributed by atoms with Crippen LogP contribution in [0.3, 0.4) is 0 Å². The molecule has 7 heteroatoms. The van der Waals surface area contributed by atoms with Crippen molar-refractivity contribution in [3.05, 3.63) is 28.6 Å². The van der Waals surface area contributed by atoms with Crippen LogP contribution in [0.4, 0.5) is 0 Å². The Labute approximate surface area is 126 Å². The number of carbonyl (C=O) groups excluding carboxylic acids is 1. The summed E-state index contributed by atoms with van der Waals surface area (Å²) < 4.78 is 5.46. The van der Waals surface area contributed by atoms with Crippen LogP contribution in [0.25, 0.3) is 0 Å². The average molecular weight is 305 g/mol. The maximum Gasteiger partial charge on any atom is 0.339 e. The van der Waals surface area contributed by atoms with E-state index < -0.39 is 29.5 Å². The molecule has 0 spiro atoms. The number of nitrogens with zero attached hydrogens (tertiary/aromatic N) is 1. The third-order valence-electron chi connectivity index (χ3n) is 3.25. The SMILES string of the molecule is CC(CCC#N)OC1=C(C(=O)O)C(C)C(=C=O)C=C1C(=O)O. The Morgan fingerprint density at radius 3 is 2.50 bits per heavy atom. The summed E-state index contributed by atoms with van der Waals surface area (Å²) in [5, 5.41) is 27.1. The molecule has 7 nitrogen and oxygen atoms in total. The fourth-order valence-electron chi connectivity index (χ4n) is 2.06. The van der Waals surface area contributed by atoms with Gasteiger partial charge in [0.25, 0.3) is 0 Å². The lowest BCUT2D eigenvalue weighted by atomic mass is 9.84. The van der Waals surface area contributed by atoms with Crippen LogP contribution in [0.5, 0.6) is 0 Å². The molecule has 0 heterocycles. The van der Waals surface area contributed by atoms with Gasteiger partial charge in [-0.3, -0.25) is 0 Å². The second-order valence-corrected chi connectivity index (χ2v) is 4.82. The van der Waals surface area contributed by atoms with Gasteiger partial charge in [-0.2, -0.15) is 5.26 Å². The fourth-order valence-corrected chi connectivity index (χ4v) is 2.06. The van der Waals surface area contributed by atoms with Crippen LogP contribution in [0.1, 0.15) is 26.7 Å². The third-order valence-corrected chi connectivity index (χ3v) is 3.25. The van der Waals surface area contributed by atoms with Crippen molar-refractivity contribution < 1.29 is 29.3 Å². The molecule has 0 aromatic rings. The average Bonchev–Trinajstić information content (AvgIpc) is 2.44. The first-order valence-electron chi connectivity index (χ1n) is 6.54. The van der Waals surface area contributed by atoms with Crippen LogP contribution in [0, 0.1) is 17.2 Å². The van der Waals surface area contributed by atoms with Crippen molar-refractivity contribution >= 4 is 17.9 Å². The van der Waals surface area contributed by atoms with Crippen LogP contribution in [0.2, 0.25) is 0 Å². The maximum absolute atomic E-state index is 11.4. The first kappa shape index (κ1) is 17.2. The summed E-state index contributed by atoms with van der Waals surface area (Å²) in [5.41, 5.74) is -0.772. The zero-order valence-electron chi connectivity index (χ0n) is 12.1. The second kappa shape index (κ2) is 7.25. The van der Waals surface area contributed by atoms with E-state index in [0.717, 1.165) is 6.08 Å². The monoisotopic (exact) mass is 305 g/mol. The number of hydrogen-bond acceptors (Lipinski definition) is 5. The Hall–Kier alpha value is -2.84. The number of rotatable bonds is 6. The topological polar surface area (TPSA) is 125 Å². The molecule has 2 N–H and O–H groups in total. The first-order chi connectivity index (χ1) is 10.3. The molecule has 22 heavy (non-hydrogen) atoms. The lowest BCUT2D eigenvalue weighted by molar-refractivity contribution is -0.133. The van der Waals surface area contributed by atoms with Gasteiger partial charge in [-0.1, -0.05) is 6.92 Å². The zero-order chi connectivity index (χ0) is 16.9. The van der Waals surface area contributed by atoms with Gasteiger partial charge in [0.2, 0.25) is 0 Å². The number of ether oxygens (including phenoxy) is 1. The number of hydrogen-bond donors (Lipinski definition) is 2. The molecule has 0 aliphatic heterocycles. The fraction of sp³-hybridized carbons (Fsp3) is 0.400. The zero-order valence-corrected chi connectivity index (χ0v) is 12.1. The van der Waals surface area contributed by atoms with Crippen molar-refractivity contribution in [2.24, 2.45) is 5.92 Å². The van der Waals surface area contributed by atoms with E-state index in [9.17, 15) is 24.6 Å². The minimum Gasteiger partial charge on any atom is -0.489 e. The molecule has 1 rings (SSSR count). The Kier molecular flexibility index (Phi) is 5.67. The summed E-state index contributed by atoms with van der Waals surface area (Å²) in [5.74, 6) is -2.32. The first-order valence-corrected chi connectivity index (χ1v) is 6.54. The van der Waals surface area contributed by atoms with E-state index in [0.29, 0.717) is 6.42 Å². The maximum atomic E-state index is 11.4. The standard InChI is InChI=1S/C15H15NO6/c1-8(4-3-5-16)22-13-11(14(18)19)6-10(7-17)9(2)12(13)15(20)21/h6,8-9H,3-4H2,1-2H3,(H,18,19)(H,20,21). The van der Waals surface area contributed by atoms with Gasteiger partial charge in [0.05, 0.1) is 17.7 Å². The van der Waals surface area contributed by atoms with Gasteiger partial charge in [0.15, 0.2) is 0 Å². The summed E-state index contributed by atoms with van der Waals surface area (Å²) in [4.78, 5) is 33.7. The Morgan fingerprint density at radius 1 is 1.41 bits per heavy atom. The third kappa shape index (κ3) is 3.62. The van der Waals surface area contributed by atoms with E-state index in [1.807, 2.05) is 6.07 Å². The largest absolute Gasteiger partial charge is 0.489 e. The van der Waals surface area contributed by atoms with Crippen LogP contribution in [-0.4, -0.2) is 34.2 Å². The van der Waals surface area contributed by atoms with E-state index >= 15 is 0 Å². The molecule has 0 aromatic heterocycles. The van der Waals surface area contributed by atoms with Crippen LogP contribution in [-0.2, 0) is 19.1 Å². The number of nitriles is 1. The Morgan fingerprint density at radius 2 is 2.05 bits per heavy atom. The van der Waals surface area contributed by atoms with Crippen molar-refractivity contribution in [1.29, 1.82) is 5.26 Å². The van der Waals surface area contributed by atoms with E-state index in [1.165, 1.54) is 6.92 Å². The van der Waals surface area contributed by atoms with Gasteiger partial charge in [0, 0.05) is 17.9 Å². The van der Waals surface area contributed by atoms with Gasteiger partial charge in [-0.05, 0) is 19.4 Å². The van der Waals surface area contributed by atoms with Crippen molar-refractivity contribution in [1.82, 2.24) is 0 Å². The number of carbonyl (C=O) groups is 2. The number of allylic oxidation sites excluding steroid dienone is 2. The molecule has 116 valence electrons. The molecular weight excluding hydrogens is 290 g/mol.